The van der Waals surface area contributed by atoms with Gasteiger partial charge in [-0.3, -0.25) is 0 Å². The van der Waals surface area contributed by atoms with Crippen LogP contribution in [0, 0.1) is 0 Å². The molecule has 4 heteroatoms. The molecule has 2 rings (SSSR count). The van der Waals surface area contributed by atoms with Crippen LogP contribution in [0.5, 0.6) is 0 Å². The van der Waals surface area contributed by atoms with Gasteiger partial charge in [0.1, 0.15) is 6.61 Å². The van der Waals surface area contributed by atoms with Crippen LogP contribution in [-0.4, -0.2) is 43.8 Å². The van der Waals surface area contributed by atoms with Crippen molar-refractivity contribution in [2.75, 3.05) is 32.8 Å². The van der Waals surface area contributed by atoms with Crippen molar-refractivity contribution in [1.82, 2.24) is 10.2 Å². The summed E-state index contributed by atoms with van der Waals surface area (Å²) >= 11 is 0. The van der Waals surface area contributed by atoms with E-state index in [0.29, 0.717) is 6.61 Å². The molecule has 0 bridgehead atoms. The Morgan fingerprint density at radius 2 is 2.18 bits per heavy atom. The zero-order chi connectivity index (χ0) is 11.9. The van der Waals surface area contributed by atoms with Crippen LogP contribution in [-0.2, 0) is 4.74 Å². The Hall–Kier alpha value is -1.55. The van der Waals surface area contributed by atoms with Gasteiger partial charge < -0.3 is 15.0 Å². The first kappa shape index (κ1) is 11.9. The van der Waals surface area contributed by atoms with Gasteiger partial charge in [-0.1, -0.05) is 30.4 Å². The highest BCUT2D eigenvalue weighted by Crippen LogP contribution is 2.08. The van der Waals surface area contributed by atoms with Gasteiger partial charge in [0.05, 0.1) is 0 Å². The van der Waals surface area contributed by atoms with Gasteiger partial charge in [0.15, 0.2) is 0 Å². The van der Waals surface area contributed by atoms with E-state index in [1.54, 1.807) is 4.90 Å². The lowest BCUT2D eigenvalue weighted by molar-refractivity contribution is 0.105. The third kappa shape index (κ3) is 3.75. The van der Waals surface area contributed by atoms with Crippen LogP contribution in [0.15, 0.2) is 36.0 Å². The average Bonchev–Trinajstić information content (AvgIpc) is 2.65. The minimum absolute atomic E-state index is 0. The number of carbonyl (C=O) groups is 1. The summed E-state index contributed by atoms with van der Waals surface area (Å²) in [5.74, 6) is 0. The minimum Gasteiger partial charge on any atom is -0.445 e. The van der Waals surface area contributed by atoms with Crippen LogP contribution in [0.3, 0.4) is 0 Å². The number of hydrogen-bond donors (Lipinski definition) is 1. The van der Waals surface area contributed by atoms with Crippen molar-refractivity contribution < 1.29 is 11.0 Å². The lowest BCUT2D eigenvalue weighted by Crippen LogP contribution is -2.46. The van der Waals surface area contributed by atoms with E-state index in [2.05, 4.69) is 11.4 Å². The van der Waals surface area contributed by atoms with Crippen molar-refractivity contribution in [3.63, 3.8) is 0 Å². The van der Waals surface area contributed by atoms with Crippen LogP contribution < -0.4 is 5.32 Å². The molecule has 0 aromatic heterocycles. The predicted octanol–water partition coefficient (Wildman–Crippen LogP) is 1.72. The maximum Gasteiger partial charge on any atom is 0.410 e. The molecule has 1 heterocycles. The molecule has 4 nitrogen and oxygen atoms in total. The van der Waals surface area contributed by atoms with Gasteiger partial charge in [0.2, 0.25) is 0 Å². The summed E-state index contributed by atoms with van der Waals surface area (Å²) in [7, 11) is 0. The van der Waals surface area contributed by atoms with Crippen LogP contribution in [0.25, 0.3) is 0 Å². The fourth-order valence-electron chi connectivity index (χ4n) is 1.82. The highest BCUT2D eigenvalue weighted by atomic mass is 16.6. The highest BCUT2D eigenvalue weighted by molar-refractivity contribution is 5.68. The molecule has 0 atom stereocenters. The summed E-state index contributed by atoms with van der Waals surface area (Å²) in [6, 6.07) is 0. The minimum atomic E-state index is -0.204. The number of allylic oxidation sites excluding steroid dienone is 5. The second-order valence-corrected chi connectivity index (χ2v) is 4.13. The summed E-state index contributed by atoms with van der Waals surface area (Å²) in [5, 5.41) is 3.20. The zero-order valence-electron chi connectivity index (χ0n) is 9.89. The number of hydrogen-bond acceptors (Lipinski definition) is 3. The monoisotopic (exact) mass is 236 g/mol. The average molecular weight is 236 g/mol. The smallest absolute Gasteiger partial charge is 0.410 e. The SMILES string of the molecule is O=C(OCC1=CC=CC=CC1)N1CCNCC1.[HH]. The molecule has 94 valence electrons. The van der Waals surface area contributed by atoms with E-state index in [-0.39, 0.29) is 7.52 Å². The Balaban J connectivity index is 0.00000162. The largest absolute Gasteiger partial charge is 0.445 e. The van der Waals surface area contributed by atoms with Gasteiger partial charge in [-0.2, -0.15) is 0 Å². The molecule has 1 aliphatic carbocycles. The molecule has 1 saturated heterocycles. The Kier molecular flexibility index (Phi) is 4.38. The van der Waals surface area contributed by atoms with Crippen molar-refractivity contribution in [2.45, 2.75) is 6.42 Å². The van der Waals surface area contributed by atoms with E-state index in [9.17, 15) is 4.79 Å². The first-order valence-corrected chi connectivity index (χ1v) is 6.00. The van der Waals surface area contributed by atoms with E-state index < -0.39 is 0 Å². The molecule has 0 unspecified atom stereocenters. The lowest BCUT2D eigenvalue weighted by atomic mass is 10.2. The van der Waals surface area contributed by atoms with Crippen LogP contribution in [0.4, 0.5) is 4.79 Å². The third-order valence-corrected chi connectivity index (χ3v) is 2.83. The second-order valence-electron chi connectivity index (χ2n) is 4.13. The molecule has 1 amide bonds. The van der Waals surface area contributed by atoms with Gasteiger partial charge in [0.25, 0.3) is 0 Å². The topological polar surface area (TPSA) is 41.6 Å². The molecular formula is C13H20N2O2. The van der Waals surface area contributed by atoms with Gasteiger partial charge in [0, 0.05) is 27.6 Å². The van der Waals surface area contributed by atoms with Gasteiger partial charge in [-0.15, -0.1) is 0 Å². The van der Waals surface area contributed by atoms with E-state index >= 15 is 0 Å². The molecule has 0 aromatic rings. The molecule has 0 spiro atoms. The summed E-state index contributed by atoms with van der Waals surface area (Å²) < 4.78 is 5.30. The maximum absolute atomic E-state index is 11.7. The van der Waals surface area contributed by atoms with E-state index in [1.807, 2.05) is 24.3 Å². The third-order valence-electron chi connectivity index (χ3n) is 2.83. The fourth-order valence-corrected chi connectivity index (χ4v) is 1.82. The number of piperazine rings is 1. The van der Waals surface area contributed by atoms with Crippen molar-refractivity contribution in [3.05, 3.63) is 36.0 Å². The Labute approximate surface area is 103 Å². The van der Waals surface area contributed by atoms with Crippen molar-refractivity contribution in [2.24, 2.45) is 0 Å². The number of ether oxygens (including phenoxy) is 1. The Morgan fingerprint density at radius 1 is 1.35 bits per heavy atom. The zero-order valence-corrected chi connectivity index (χ0v) is 9.89. The molecule has 0 saturated carbocycles. The standard InChI is InChI=1S/C13H18N2O2.H2/c16-13(15-9-7-14-8-10-15)17-11-12-5-3-1-2-4-6-12;/h1-5,14H,6-11H2;1H. The highest BCUT2D eigenvalue weighted by Gasteiger charge is 2.17. The summed E-state index contributed by atoms with van der Waals surface area (Å²) in [5.41, 5.74) is 1.12. The Morgan fingerprint density at radius 3 is 3.00 bits per heavy atom. The molecule has 17 heavy (non-hydrogen) atoms. The summed E-state index contributed by atoms with van der Waals surface area (Å²) in [6.07, 6.45) is 10.7. The molecule has 0 radical (unpaired) electrons. The number of nitrogens with one attached hydrogen (secondary N) is 1. The van der Waals surface area contributed by atoms with Crippen molar-refractivity contribution in [1.29, 1.82) is 0 Å². The molecular weight excluding hydrogens is 216 g/mol. The van der Waals surface area contributed by atoms with Crippen LogP contribution >= 0.6 is 0 Å². The van der Waals surface area contributed by atoms with Gasteiger partial charge in [-0.25, -0.2) is 4.79 Å². The van der Waals surface area contributed by atoms with Crippen molar-refractivity contribution in [3.8, 4) is 0 Å². The van der Waals surface area contributed by atoms with Crippen LogP contribution in [0.1, 0.15) is 7.85 Å². The molecule has 1 aliphatic heterocycles. The quantitative estimate of drug-likeness (QED) is 0.793. The number of carbonyl (C=O) groups excluding carboxylic acids is 1. The molecule has 2 aliphatic rings. The van der Waals surface area contributed by atoms with Gasteiger partial charge >= 0.3 is 6.09 Å². The normalized spacial score (nSPS) is 19.8. The number of rotatable bonds is 2. The summed E-state index contributed by atoms with van der Waals surface area (Å²) in [6.45, 7) is 3.55. The molecule has 1 N–H and O–H groups in total. The number of amides is 1. The van der Waals surface area contributed by atoms with E-state index in [1.165, 1.54) is 0 Å². The van der Waals surface area contributed by atoms with E-state index in [0.717, 1.165) is 38.2 Å². The van der Waals surface area contributed by atoms with E-state index in [4.69, 9.17) is 4.74 Å². The Bertz CT molecular complexity index is 358. The van der Waals surface area contributed by atoms with Gasteiger partial charge in [-0.05, 0) is 12.0 Å². The van der Waals surface area contributed by atoms with Crippen LogP contribution in [0.2, 0.25) is 0 Å². The molecule has 0 aromatic carbocycles. The van der Waals surface area contributed by atoms with Crippen molar-refractivity contribution >= 4 is 6.09 Å². The second kappa shape index (κ2) is 6.25. The predicted molar refractivity (Wildman–Crippen MR) is 68.9 cm³/mol. The number of nitrogens with zero attached hydrogens (tertiary/aromatic N) is 1. The summed E-state index contributed by atoms with van der Waals surface area (Å²) in [4.78, 5) is 13.5. The first-order valence-electron chi connectivity index (χ1n) is 6.00. The molecule has 1 fully saturated rings. The fraction of sp³-hybridized carbons (Fsp3) is 0.462. The first-order chi connectivity index (χ1) is 8.36. The maximum atomic E-state index is 11.7. The lowest BCUT2D eigenvalue weighted by Gasteiger charge is -2.26.